The minimum atomic E-state index is -0.898. The normalized spacial score (nSPS) is 19.2. The van der Waals surface area contributed by atoms with E-state index in [9.17, 15) is 14.0 Å². The third kappa shape index (κ3) is 5.01. The number of carboxylic acids is 1. The van der Waals surface area contributed by atoms with E-state index in [0.29, 0.717) is 41.4 Å². The summed E-state index contributed by atoms with van der Waals surface area (Å²) in [7, 11) is 1.29. The average molecular weight is 544 g/mol. The Balaban J connectivity index is 1.58. The molecule has 1 aromatic carbocycles. The standard InChI is InChI=1S/C25H23ClFN5O4S/c1-36-25(35)19-21(13-5-6-17-14(11-13)12-32(31-17)9-7-18(33)34)29-23(24-28-8-10-37-24)30-22(19)15-3-2-4-16(27)20(15)26/h2-4,8,10,12-13,22H,5-7,9,11H2,1H3,(H,29,30)(H,33,34). The highest BCUT2D eigenvalue weighted by molar-refractivity contribution is 7.11. The molecule has 0 saturated heterocycles. The predicted molar refractivity (Wildman–Crippen MR) is 135 cm³/mol. The number of aliphatic imine (C=N–C) groups is 1. The summed E-state index contributed by atoms with van der Waals surface area (Å²) in [6.45, 7) is 0.280. The number of carboxylic acid groups (broad SMARTS) is 1. The van der Waals surface area contributed by atoms with Gasteiger partial charge in [-0.1, -0.05) is 23.7 Å². The summed E-state index contributed by atoms with van der Waals surface area (Å²) >= 11 is 7.75. The van der Waals surface area contributed by atoms with Crippen molar-refractivity contribution in [2.45, 2.75) is 38.3 Å². The molecule has 5 rings (SSSR count). The van der Waals surface area contributed by atoms with Gasteiger partial charge < -0.3 is 15.2 Å². The zero-order chi connectivity index (χ0) is 26.1. The Kier molecular flexibility index (Phi) is 7.07. The number of ether oxygens (including phenoxy) is 1. The second kappa shape index (κ2) is 10.4. The lowest BCUT2D eigenvalue weighted by atomic mass is 9.81. The molecule has 0 radical (unpaired) electrons. The fourth-order valence-electron chi connectivity index (χ4n) is 4.76. The van der Waals surface area contributed by atoms with Crippen LogP contribution < -0.4 is 5.32 Å². The maximum absolute atomic E-state index is 14.5. The van der Waals surface area contributed by atoms with Crippen LogP contribution >= 0.6 is 22.9 Å². The van der Waals surface area contributed by atoms with Crippen molar-refractivity contribution in [2.75, 3.05) is 7.11 Å². The molecule has 0 amide bonds. The Hall–Kier alpha value is -3.57. The number of benzene rings is 1. The first kappa shape index (κ1) is 25.1. The maximum Gasteiger partial charge on any atom is 0.338 e. The summed E-state index contributed by atoms with van der Waals surface area (Å²) in [6, 6.07) is 3.54. The molecule has 0 fully saturated rings. The number of amidine groups is 1. The molecule has 9 nitrogen and oxygen atoms in total. The molecule has 1 aliphatic carbocycles. The predicted octanol–water partition coefficient (Wildman–Crippen LogP) is 3.93. The SMILES string of the molecule is COC(=O)C1=C(C2CCc3nn(CCC(=O)O)cc3C2)NC(c2nccs2)=NC1c1cccc(F)c1Cl. The zero-order valence-electron chi connectivity index (χ0n) is 19.8. The van der Waals surface area contributed by atoms with Gasteiger partial charge in [0.25, 0.3) is 0 Å². The summed E-state index contributed by atoms with van der Waals surface area (Å²) in [5.74, 6) is -1.74. The molecule has 3 heterocycles. The fourth-order valence-corrected chi connectivity index (χ4v) is 5.58. The Morgan fingerprint density at radius 2 is 2.22 bits per heavy atom. The largest absolute Gasteiger partial charge is 0.481 e. The number of methoxy groups -OCH3 is 1. The van der Waals surface area contributed by atoms with Crippen molar-refractivity contribution in [1.29, 1.82) is 0 Å². The number of esters is 1. The van der Waals surface area contributed by atoms with Crippen molar-refractivity contribution in [3.63, 3.8) is 0 Å². The van der Waals surface area contributed by atoms with Crippen LogP contribution in [0.4, 0.5) is 4.39 Å². The first-order valence-electron chi connectivity index (χ1n) is 11.6. The first-order chi connectivity index (χ1) is 17.9. The first-order valence-corrected chi connectivity index (χ1v) is 12.9. The topological polar surface area (TPSA) is 119 Å². The molecular formula is C25H23ClFN5O4S. The number of aromatic nitrogens is 3. The molecule has 3 aromatic rings. The highest BCUT2D eigenvalue weighted by atomic mass is 35.5. The number of carbonyl (C=O) groups excluding carboxylic acids is 1. The van der Waals surface area contributed by atoms with Gasteiger partial charge in [0.15, 0.2) is 10.8 Å². The van der Waals surface area contributed by atoms with Crippen molar-refractivity contribution in [2.24, 2.45) is 10.9 Å². The van der Waals surface area contributed by atoms with Gasteiger partial charge in [0.2, 0.25) is 0 Å². The van der Waals surface area contributed by atoms with E-state index < -0.39 is 23.8 Å². The average Bonchev–Trinajstić information content (AvgIpc) is 3.57. The van der Waals surface area contributed by atoms with Crippen molar-refractivity contribution >= 4 is 40.7 Å². The number of carbonyl (C=O) groups is 2. The Bertz CT molecular complexity index is 1420. The van der Waals surface area contributed by atoms with E-state index in [1.54, 1.807) is 16.9 Å². The Morgan fingerprint density at radius 1 is 1.38 bits per heavy atom. The second-order valence-electron chi connectivity index (χ2n) is 8.75. The number of nitrogens with zero attached hydrogens (tertiary/aromatic N) is 4. The molecular weight excluding hydrogens is 521 g/mol. The molecule has 2 aliphatic rings. The lowest BCUT2D eigenvalue weighted by molar-refractivity contribution is -0.138. The molecule has 2 aromatic heterocycles. The third-order valence-electron chi connectivity index (χ3n) is 6.47. The molecule has 0 saturated carbocycles. The van der Waals surface area contributed by atoms with Crippen LogP contribution in [0.2, 0.25) is 5.02 Å². The molecule has 2 atom stereocenters. The number of rotatable bonds is 7. The summed E-state index contributed by atoms with van der Waals surface area (Å²) in [5, 5.41) is 19.2. The number of nitrogens with one attached hydrogen (secondary N) is 1. The lowest BCUT2D eigenvalue weighted by Gasteiger charge is -2.32. The van der Waals surface area contributed by atoms with Crippen LogP contribution in [0.15, 0.2) is 52.2 Å². The van der Waals surface area contributed by atoms with E-state index in [2.05, 4.69) is 15.4 Å². The van der Waals surface area contributed by atoms with Crippen LogP contribution in [0, 0.1) is 11.7 Å². The molecule has 2 unspecified atom stereocenters. The minimum Gasteiger partial charge on any atom is -0.481 e. The van der Waals surface area contributed by atoms with E-state index >= 15 is 0 Å². The van der Waals surface area contributed by atoms with Crippen molar-refractivity contribution in [3.05, 3.63) is 79.9 Å². The Labute approximate surface area is 220 Å². The van der Waals surface area contributed by atoms with Crippen molar-refractivity contribution < 1.29 is 23.8 Å². The van der Waals surface area contributed by atoms with Gasteiger partial charge in [0.05, 0.1) is 36.4 Å². The number of fused-ring (bicyclic) bond motifs is 1. The highest BCUT2D eigenvalue weighted by Gasteiger charge is 2.38. The van der Waals surface area contributed by atoms with Crippen molar-refractivity contribution in [3.8, 4) is 0 Å². The van der Waals surface area contributed by atoms with Crippen LogP contribution in [0.3, 0.4) is 0 Å². The number of aryl methyl sites for hydroxylation is 2. The van der Waals surface area contributed by atoms with E-state index in [0.717, 1.165) is 11.3 Å². The monoisotopic (exact) mass is 543 g/mol. The van der Waals surface area contributed by atoms with Gasteiger partial charge in [-0.3, -0.25) is 14.5 Å². The molecule has 12 heteroatoms. The summed E-state index contributed by atoms with van der Waals surface area (Å²) in [6.07, 6.45) is 5.40. The van der Waals surface area contributed by atoms with Gasteiger partial charge in [0, 0.05) is 35.0 Å². The van der Waals surface area contributed by atoms with Crippen LogP contribution in [-0.2, 0) is 33.7 Å². The van der Waals surface area contributed by atoms with Gasteiger partial charge >= 0.3 is 11.9 Å². The summed E-state index contributed by atoms with van der Waals surface area (Å²) in [4.78, 5) is 33.3. The summed E-state index contributed by atoms with van der Waals surface area (Å²) in [5.41, 5.74) is 3.14. The summed E-state index contributed by atoms with van der Waals surface area (Å²) < 4.78 is 21.3. The molecule has 192 valence electrons. The van der Waals surface area contributed by atoms with E-state index in [4.69, 9.17) is 26.4 Å². The van der Waals surface area contributed by atoms with Gasteiger partial charge in [0.1, 0.15) is 11.9 Å². The minimum absolute atomic E-state index is 0.0209. The fraction of sp³-hybridized carbons (Fsp3) is 0.320. The number of aliphatic carboxylic acids is 1. The van der Waals surface area contributed by atoms with Gasteiger partial charge in [-0.05, 0) is 30.9 Å². The number of thiazole rings is 1. The van der Waals surface area contributed by atoms with Crippen molar-refractivity contribution in [1.82, 2.24) is 20.1 Å². The second-order valence-corrected chi connectivity index (χ2v) is 10.0. The molecule has 0 bridgehead atoms. The van der Waals surface area contributed by atoms with Crippen LogP contribution in [0.25, 0.3) is 0 Å². The smallest absolute Gasteiger partial charge is 0.338 e. The molecule has 0 spiro atoms. The Morgan fingerprint density at radius 3 is 2.95 bits per heavy atom. The number of hydrogen-bond donors (Lipinski definition) is 2. The molecule has 1 aliphatic heterocycles. The third-order valence-corrected chi connectivity index (χ3v) is 7.65. The van der Waals surface area contributed by atoms with Gasteiger partial charge in [-0.15, -0.1) is 11.3 Å². The van der Waals surface area contributed by atoms with Gasteiger partial charge in [-0.25, -0.2) is 14.2 Å². The number of hydrogen-bond acceptors (Lipinski definition) is 8. The lowest BCUT2D eigenvalue weighted by Crippen LogP contribution is -2.38. The van der Waals surface area contributed by atoms with Crippen LogP contribution in [0.5, 0.6) is 0 Å². The number of halogens is 2. The van der Waals surface area contributed by atoms with E-state index in [-0.39, 0.29) is 29.5 Å². The molecule has 37 heavy (non-hydrogen) atoms. The van der Waals surface area contributed by atoms with Gasteiger partial charge in [-0.2, -0.15) is 5.10 Å². The maximum atomic E-state index is 14.5. The number of allylic oxidation sites excluding steroid dienone is 1. The molecule has 2 N–H and O–H groups in total. The van der Waals surface area contributed by atoms with E-state index in [1.807, 2.05) is 11.6 Å². The quantitative estimate of drug-likeness (QED) is 0.433. The van der Waals surface area contributed by atoms with Crippen LogP contribution in [-0.4, -0.2) is 44.8 Å². The van der Waals surface area contributed by atoms with E-state index in [1.165, 1.54) is 30.6 Å². The van der Waals surface area contributed by atoms with Crippen LogP contribution in [0.1, 0.15) is 40.7 Å². The zero-order valence-corrected chi connectivity index (χ0v) is 21.4. The highest BCUT2D eigenvalue weighted by Crippen LogP contribution is 2.41.